The lowest BCUT2D eigenvalue weighted by Crippen LogP contribution is -2.32. The first-order valence-corrected chi connectivity index (χ1v) is 15.2. The lowest BCUT2D eigenvalue weighted by molar-refractivity contribution is 0.102. The fraction of sp³-hybridized carbons (Fsp3) is 0.257. The predicted octanol–water partition coefficient (Wildman–Crippen LogP) is 5.50. The minimum atomic E-state index is -1.13. The summed E-state index contributed by atoms with van der Waals surface area (Å²) in [6, 6.07) is 18.1. The maximum atomic E-state index is 13.8. The quantitative estimate of drug-likeness (QED) is 0.197. The first-order valence-electron chi connectivity index (χ1n) is 15.2. The van der Waals surface area contributed by atoms with Gasteiger partial charge in [0, 0.05) is 31.3 Å². The van der Waals surface area contributed by atoms with E-state index in [1.54, 1.807) is 20.3 Å². The molecule has 1 aromatic heterocycles. The van der Waals surface area contributed by atoms with Crippen molar-refractivity contribution in [2.24, 2.45) is 0 Å². The van der Waals surface area contributed by atoms with Gasteiger partial charge in [0.05, 0.1) is 45.4 Å². The maximum absolute atomic E-state index is 13.8. The Balaban J connectivity index is 1.16. The first-order chi connectivity index (χ1) is 23.3. The van der Waals surface area contributed by atoms with Crippen molar-refractivity contribution in [2.45, 2.75) is 19.4 Å². The number of methoxy groups -OCH3 is 4. The number of anilines is 1. The van der Waals surface area contributed by atoms with Gasteiger partial charge in [-0.2, -0.15) is 0 Å². The highest BCUT2D eigenvalue weighted by Crippen LogP contribution is 2.38. The SMILES string of the molecule is COc1cc2c(cc1OC)CN(CCc1ccc(-n3nnc(-c4cc(OC)c(OC)cc4NC(=O)c4ccc(F)c(F)c4)n3)cc1)CC2. The molecule has 1 amide bonds. The number of nitrogens with zero attached hydrogens (tertiary/aromatic N) is 5. The van der Waals surface area contributed by atoms with E-state index in [1.807, 2.05) is 24.3 Å². The number of halogens is 2. The van der Waals surface area contributed by atoms with Crippen molar-refractivity contribution in [3.63, 3.8) is 0 Å². The third-order valence-electron chi connectivity index (χ3n) is 8.29. The zero-order chi connectivity index (χ0) is 33.8. The minimum absolute atomic E-state index is 0.0719. The standard InChI is InChI=1S/C35H34F2N6O5/c1-45-30-16-22-12-14-42(20-24(22)17-31(30)46-2)13-11-21-5-8-25(9-6-21)43-40-34(39-41-43)26-18-32(47-3)33(48-4)19-29(26)38-35(44)23-7-10-27(36)28(37)15-23/h5-10,15-19H,11-14,20H2,1-4H3,(H,38,44). The van der Waals surface area contributed by atoms with Crippen molar-refractivity contribution in [1.82, 2.24) is 25.1 Å². The molecule has 13 heteroatoms. The molecule has 0 radical (unpaired) electrons. The highest BCUT2D eigenvalue weighted by molar-refractivity contribution is 6.06. The number of aromatic nitrogens is 4. The van der Waals surface area contributed by atoms with Crippen molar-refractivity contribution in [3.8, 4) is 40.1 Å². The number of ether oxygens (including phenoxy) is 4. The molecule has 0 fully saturated rings. The second kappa shape index (κ2) is 14.1. The van der Waals surface area contributed by atoms with Gasteiger partial charge in [-0.25, -0.2) is 8.78 Å². The Labute approximate surface area is 276 Å². The van der Waals surface area contributed by atoms with E-state index in [4.69, 9.17) is 18.9 Å². The summed E-state index contributed by atoms with van der Waals surface area (Å²) in [5.74, 6) is -0.455. The van der Waals surface area contributed by atoms with Crippen LogP contribution in [0.1, 0.15) is 27.0 Å². The smallest absolute Gasteiger partial charge is 0.255 e. The van der Waals surface area contributed by atoms with Crippen LogP contribution in [0, 0.1) is 11.6 Å². The summed E-state index contributed by atoms with van der Waals surface area (Å²) in [7, 11) is 6.24. The van der Waals surface area contributed by atoms with Crippen LogP contribution in [0.3, 0.4) is 0 Å². The van der Waals surface area contributed by atoms with Gasteiger partial charge in [0.2, 0.25) is 5.82 Å². The number of carbonyl (C=O) groups excluding carboxylic acids is 1. The van der Waals surface area contributed by atoms with E-state index in [9.17, 15) is 13.6 Å². The Bertz CT molecular complexity index is 1950. The third kappa shape index (κ3) is 6.76. The molecule has 0 atom stereocenters. The number of nitrogens with one attached hydrogen (secondary N) is 1. The van der Waals surface area contributed by atoms with Crippen molar-refractivity contribution >= 4 is 11.6 Å². The molecule has 1 aliphatic heterocycles. The number of rotatable bonds is 11. The number of benzene rings is 4. The van der Waals surface area contributed by atoms with Crippen LogP contribution in [0.2, 0.25) is 0 Å². The monoisotopic (exact) mass is 656 g/mol. The molecule has 0 saturated heterocycles. The molecule has 2 heterocycles. The maximum Gasteiger partial charge on any atom is 0.255 e. The molecule has 0 bridgehead atoms. The molecule has 11 nitrogen and oxygen atoms in total. The topological polar surface area (TPSA) is 113 Å². The Kier molecular flexibility index (Phi) is 9.48. The van der Waals surface area contributed by atoms with Crippen molar-refractivity contribution in [3.05, 3.63) is 101 Å². The van der Waals surface area contributed by atoms with E-state index in [1.165, 1.54) is 47.8 Å². The summed E-state index contributed by atoms with van der Waals surface area (Å²) in [4.78, 5) is 16.8. The number of fused-ring (bicyclic) bond motifs is 1. The van der Waals surface area contributed by atoms with Gasteiger partial charge in [-0.1, -0.05) is 12.1 Å². The van der Waals surface area contributed by atoms with Crippen molar-refractivity contribution in [2.75, 3.05) is 46.8 Å². The van der Waals surface area contributed by atoms with Crippen LogP contribution in [0.5, 0.6) is 23.0 Å². The van der Waals surface area contributed by atoms with Crippen LogP contribution in [-0.2, 0) is 19.4 Å². The van der Waals surface area contributed by atoms with E-state index in [2.05, 4.69) is 37.8 Å². The second-order valence-corrected chi connectivity index (χ2v) is 11.2. The molecule has 5 aromatic rings. The van der Waals surface area contributed by atoms with Crippen LogP contribution in [0.4, 0.5) is 14.5 Å². The summed E-state index contributed by atoms with van der Waals surface area (Å²) in [6.07, 6.45) is 1.82. The van der Waals surface area contributed by atoms with Gasteiger partial charge in [0.25, 0.3) is 5.91 Å². The Morgan fingerprint density at radius 1 is 0.812 bits per heavy atom. The molecule has 0 saturated carbocycles. The van der Waals surface area contributed by atoms with Crippen LogP contribution in [0.15, 0.2) is 66.7 Å². The highest BCUT2D eigenvalue weighted by atomic mass is 19.2. The predicted molar refractivity (Wildman–Crippen MR) is 174 cm³/mol. The van der Waals surface area contributed by atoms with E-state index in [-0.39, 0.29) is 17.1 Å². The number of amides is 1. The molecule has 1 N–H and O–H groups in total. The molecule has 4 aromatic carbocycles. The van der Waals surface area contributed by atoms with Crippen LogP contribution >= 0.6 is 0 Å². The molecular formula is C35H34F2N6O5. The Hall–Kier alpha value is -5.56. The lowest BCUT2D eigenvalue weighted by atomic mass is 9.98. The second-order valence-electron chi connectivity index (χ2n) is 11.2. The van der Waals surface area contributed by atoms with Gasteiger partial charge in [-0.05, 0) is 83.3 Å². The van der Waals surface area contributed by atoms with Crippen LogP contribution < -0.4 is 24.3 Å². The fourth-order valence-corrected chi connectivity index (χ4v) is 5.65. The number of tetrazole rings is 1. The summed E-state index contributed by atoms with van der Waals surface area (Å²) in [5.41, 5.74) is 4.97. The number of hydrogen-bond acceptors (Lipinski definition) is 9. The average molecular weight is 657 g/mol. The van der Waals surface area contributed by atoms with E-state index in [0.717, 1.165) is 56.1 Å². The minimum Gasteiger partial charge on any atom is -0.493 e. The van der Waals surface area contributed by atoms with Gasteiger partial charge in [0.1, 0.15) is 0 Å². The molecule has 0 aliphatic carbocycles. The van der Waals surface area contributed by atoms with Gasteiger partial charge >= 0.3 is 0 Å². The Morgan fingerprint density at radius 3 is 2.17 bits per heavy atom. The van der Waals surface area contributed by atoms with Gasteiger partial charge in [-0.15, -0.1) is 15.0 Å². The van der Waals surface area contributed by atoms with Crippen LogP contribution in [0.25, 0.3) is 17.1 Å². The molecule has 0 spiro atoms. The normalized spacial score (nSPS) is 12.7. The molecule has 0 unspecified atom stereocenters. The molecule has 1 aliphatic rings. The lowest BCUT2D eigenvalue weighted by Gasteiger charge is -2.29. The summed E-state index contributed by atoms with van der Waals surface area (Å²) >= 11 is 0. The summed E-state index contributed by atoms with van der Waals surface area (Å²) < 4.78 is 49.1. The first kappa shape index (κ1) is 32.4. The van der Waals surface area contributed by atoms with E-state index >= 15 is 0 Å². The number of hydrogen-bond donors (Lipinski definition) is 1. The Morgan fingerprint density at radius 2 is 1.48 bits per heavy atom. The summed E-state index contributed by atoms with van der Waals surface area (Å²) in [6.45, 7) is 2.71. The molecule has 248 valence electrons. The van der Waals surface area contributed by atoms with Crippen LogP contribution in [-0.4, -0.2) is 72.5 Å². The molecule has 6 rings (SSSR count). The molecular weight excluding hydrogens is 622 g/mol. The molecule has 48 heavy (non-hydrogen) atoms. The zero-order valence-corrected chi connectivity index (χ0v) is 26.9. The van der Waals surface area contributed by atoms with E-state index < -0.39 is 17.5 Å². The van der Waals surface area contributed by atoms with Crippen molar-refractivity contribution in [1.29, 1.82) is 0 Å². The van der Waals surface area contributed by atoms with Crippen molar-refractivity contribution < 1.29 is 32.5 Å². The van der Waals surface area contributed by atoms with Gasteiger partial charge in [0.15, 0.2) is 34.6 Å². The largest absolute Gasteiger partial charge is 0.493 e. The number of carbonyl (C=O) groups is 1. The van der Waals surface area contributed by atoms with Gasteiger partial charge < -0.3 is 24.3 Å². The zero-order valence-electron chi connectivity index (χ0n) is 26.9. The summed E-state index contributed by atoms with van der Waals surface area (Å²) in [5, 5.41) is 15.7. The fourth-order valence-electron chi connectivity index (χ4n) is 5.65. The third-order valence-corrected chi connectivity index (χ3v) is 8.29. The average Bonchev–Trinajstić information content (AvgIpc) is 3.61. The van der Waals surface area contributed by atoms with E-state index in [0.29, 0.717) is 22.7 Å². The highest BCUT2D eigenvalue weighted by Gasteiger charge is 2.21. The van der Waals surface area contributed by atoms with Gasteiger partial charge in [-0.3, -0.25) is 9.69 Å².